The quantitative estimate of drug-likeness (QED) is 0.661. The Labute approximate surface area is 84.2 Å². The molecule has 14 heavy (non-hydrogen) atoms. The summed E-state index contributed by atoms with van der Waals surface area (Å²) < 4.78 is 5.15. The van der Waals surface area contributed by atoms with Gasteiger partial charge >= 0.3 is 0 Å². The topological polar surface area (TPSA) is 64.3 Å². The van der Waals surface area contributed by atoms with Crippen molar-refractivity contribution in [2.75, 3.05) is 19.8 Å². The van der Waals surface area contributed by atoms with Crippen LogP contribution in [-0.2, 0) is 9.53 Å². The van der Waals surface area contributed by atoms with Crippen LogP contribution in [0.4, 0.5) is 0 Å². The lowest BCUT2D eigenvalue weighted by Crippen LogP contribution is -2.41. The third-order valence-corrected chi connectivity index (χ3v) is 3.04. The predicted octanol–water partition coefficient (Wildman–Crippen LogP) is -0.124. The van der Waals surface area contributed by atoms with Crippen LogP contribution >= 0.6 is 0 Å². The molecule has 1 saturated carbocycles. The van der Waals surface area contributed by atoms with Gasteiger partial charge in [-0.05, 0) is 25.2 Å². The maximum atomic E-state index is 11.5. The van der Waals surface area contributed by atoms with Crippen LogP contribution in [0.1, 0.15) is 19.3 Å². The third-order valence-electron chi connectivity index (χ3n) is 3.04. The van der Waals surface area contributed by atoms with Gasteiger partial charge in [0, 0.05) is 19.2 Å². The van der Waals surface area contributed by atoms with Crippen molar-refractivity contribution in [3.8, 4) is 0 Å². The molecule has 0 aromatic carbocycles. The van der Waals surface area contributed by atoms with E-state index in [4.69, 9.17) is 10.5 Å². The van der Waals surface area contributed by atoms with Gasteiger partial charge in [-0.2, -0.15) is 0 Å². The normalized spacial score (nSPS) is 28.8. The van der Waals surface area contributed by atoms with E-state index in [0.717, 1.165) is 6.42 Å². The lowest BCUT2D eigenvalue weighted by atomic mass is 10.1. The zero-order chi connectivity index (χ0) is 9.97. The van der Waals surface area contributed by atoms with Crippen LogP contribution in [0.5, 0.6) is 0 Å². The molecule has 0 aromatic rings. The molecule has 0 radical (unpaired) electrons. The molecule has 4 heteroatoms. The summed E-state index contributed by atoms with van der Waals surface area (Å²) >= 11 is 0. The van der Waals surface area contributed by atoms with E-state index in [-0.39, 0.29) is 17.9 Å². The van der Waals surface area contributed by atoms with Crippen LogP contribution in [-0.4, -0.2) is 31.7 Å². The Bertz CT molecular complexity index is 210. The summed E-state index contributed by atoms with van der Waals surface area (Å²) in [6.45, 7) is 1.91. The Kier molecular flexibility index (Phi) is 3.03. The molecule has 0 aromatic heterocycles. The van der Waals surface area contributed by atoms with Crippen molar-refractivity contribution in [1.29, 1.82) is 0 Å². The smallest absolute Gasteiger partial charge is 0.225 e. The molecule has 80 valence electrons. The fourth-order valence-electron chi connectivity index (χ4n) is 1.80. The van der Waals surface area contributed by atoms with Crippen molar-refractivity contribution in [3.63, 3.8) is 0 Å². The second kappa shape index (κ2) is 4.28. The van der Waals surface area contributed by atoms with E-state index in [9.17, 15) is 4.79 Å². The number of rotatable bonds is 4. The van der Waals surface area contributed by atoms with Gasteiger partial charge in [0.25, 0.3) is 0 Å². The van der Waals surface area contributed by atoms with Gasteiger partial charge in [-0.1, -0.05) is 0 Å². The number of ether oxygens (including phenoxy) is 1. The van der Waals surface area contributed by atoms with Gasteiger partial charge in [0.2, 0.25) is 5.91 Å². The van der Waals surface area contributed by atoms with Crippen LogP contribution in [0.2, 0.25) is 0 Å². The lowest BCUT2D eigenvalue weighted by molar-refractivity contribution is -0.125. The van der Waals surface area contributed by atoms with E-state index in [1.807, 2.05) is 0 Å². The Morgan fingerprint density at radius 3 is 2.86 bits per heavy atom. The summed E-state index contributed by atoms with van der Waals surface area (Å²) in [5.41, 5.74) is 5.88. The first-order chi connectivity index (χ1) is 6.77. The SMILES string of the molecule is NC(CNC(=O)C1CCOC1)C1CC1. The van der Waals surface area contributed by atoms with E-state index in [1.54, 1.807) is 0 Å². The molecule has 1 saturated heterocycles. The van der Waals surface area contributed by atoms with Crippen molar-refractivity contribution >= 4 is 5.91 Å². The van der Waals surface area contributed by atoms with Crippen LogP contribution < -0.4 is 11.1 Å². The van der Waals surface area contributed by atoms with Crippen molar-refractivity contribution in [2.45, 2.75) is 25.3 Å². The molecular weight excluding hydrogens is 180 g/mol. The number of nitrogens with two attached hydrogens (primary N) is 1. The summed E-state index contributed by atoms with van der Waals surface area (Å²) in [5, 5.41) is 2.90. The Morgan fingerprint density at radius 2 is 2.29 bits per heavy atom. The Balaban J connectivity index is 1.66. The Morgan fingerprint density at radius 1 is 1.50 bits per heavy atom. The average molecular weight is 198 g/mol. The van der Waals surface area contributed by atoms with Gasteiger partial charge in [-0.25, -0.2) is 0 Å². The number of carbonyl (C=O) groups is 1. The molecule has 1 heterocycles. The van der Waals surface area contributed by atoms with Crippen molar-refractivity contribution < 1.29 is 9.53 Å². The maximum absolute atomic E-state index is 11.5. The summed E-state index contributed by atoms with van der Waals surface area (Å²) in [7, 11) is 0. The molecular formula is C10H18N2O2. The molecule has 2 unspecified atom stereocenters. The molecule has 2 fully saturated rings. The first kappa shape index (κ1) is 9.93. The molecule has 4 nitrogen and oxygen atoms in total. The molecule has 0 spiro atoms. The highest BCUT2D eigenvalue weighted by Gasteiger charge is 2.29. The van der Waals surface area contributed by atoms with Gasteiger partial charge in [-0.15, -0.1) is 0 Å². The number of amides is 1. The molecule has 2 atom stereocenters. The van der Waals surface area contributed by atoms with Crippen LogP contribution in [0.15, 0.2) is 0 Å². The summed E-state index contributed by atoms with van der Waals surface area (Å²) in [5.74, 6) is 0.815. The van der Waals surface area contributed by atoms with Gasteiger partial charge < -0.3 is 15.8 Å². The van der Waals surface area contributed by atoms with E-state index >= 15 is 0 Å². The predicted molar refractivity (Wildman–Crippen MR) is 52.6 cm³/mol. The van der Waals surface area contributed by atoms with Gasteiger partial charge in [-0.3, -0.25) is 4.79 Å². The van der Waals surface area contributed by atoms with Crippen molar-refractivity contribution in [1.82, 2.24) is 5.32 Å². The van der Waals surface area contributed by atoms with E-state index in [1.165, 1.54) is 12.8 Å². The van der Waals surface area contributed by atoms with Crippen LogP contribution in [0, 0.1) is 11.8 Å². The minimum absolute atomic E-state index is 0.0569. The largest absolute Gasteiger partial charge is 0.381 e. The van der Waals surface area contributed by atoms with Crippen LogP contribution in [0.3, 0.4) is 0 Å². The van der Waals surface area contributed by atoms with Crippen molar-refractivity contribution in [3.05, 3.63) is 0 Å². The van der Waals surface area contributed by atoms with E-state index in [2.05, 4.69) is 5.32 Å². The van der Waals surface area contributed by atoms with Gasteiger partial charge in [0.1, 0.15) is 0 Å². The number of hydrogen-bond acceptors (Lipinski definition) is 3. The molecule has 1 aliphatic carbocycles. The second-order valence-corrected chi connectivity index (χ2v) is 4.31. The first-order valence-electron chi connectivity index (χ1n) is 5.38. The molecule has 1 amide bonds. The summed E-state index contributed by atoms with van der Waals surface area (Å²) in [6, 6.07) is 0.154. The standard InChI is InChI=1S/C10H18N2O2/c11-9(7-1-2-7)5-12-10(13)8-3-4-14-6-8/h7-9H,1-6,11H2,(H,12,13). The number of nitrogens with one attached hydrogen (secondary N) is 1. The zero-order valence-electron chi connectivity index (χ0n) is 8.37. The molecule has 2 rings (SSSR count). The van der Waals surface area contributed by atoms with Crippen molar-refractivity contribution in [2.24, 2.45) is 17.6 Å². The van der Waals surface area contributed by atoms with Gasteiger partial charge in [0.05, 0.1) is 12.5 Å². The minimum Gasteiger partial charge on any atom is -0.381 e. The second-order valence-electron chi connectivity index (χ2n) is 4.31. The lowest BCUT2D eigenvalue weighted by Gasteiger charge is -2.13. The molecule has 3 N–H and O–H groups in total. The molecule has 1 aliphatic heterocycles. The Hall–Kier alpha value is -0.610. The summed E-state index contributed by atoms with van der Waals surface area (Å²) in [4.78, 5) is 11.5. The highest BCUT2D eigenvalue weighted by atomic mass is 16.5. The fourth-order valence-corrected chi connectivity index (χ4v) is 1.80. The highest BCUT2D eigenvalue weighted by molar-refractivity contribution is 5.79. The third kappa shape index (κ3) is 2.45. The molecule has 2 aliphatic rings. The number of hydrogen-bond donors (Lipinski definition) is 2. The monoisotopic (exact) mass is 198 g/mol. The highest BCUT2D eigenvalue weighted by Crippen LogP contribution is 2.31. The summed E-state index contributed by atoms with van der Waals surface area (Å²) in [6.07, 6.45) is 3.30. The van der Waals surface area contributed by atoms with E-state index in [0.29, 0.717) is 25.7 Å². The van der Waals surface area contributed by atoms with Gasteiger partial charge in [0.15, 0.2) is 0 Å². The minimum atomic E-state index is 0.0569. The maximum Gasteiger partial charge on any atom is 0.225 e. The average Bonchev–Trinajstić information content (AvgIpc) is 2.90. The first-order valence-corrected chi connectivity index (χ1v) is 5.38. The number of carbonyl (C=O) groups excluding carboxylic acids is 1. The van der Waals surface area contributed by atoms with E-state index < -0.39 is 0 Å². The zero-order valence-corrected chi connectivity index (χ0v) is 8.37. The van der Waals surface area contributed by atoms with Crippen LogP contribution in [0.25, 0.3) is 0 Å². The fraction of sp³-hybridized carbons (Fsp3) is 0.900. The molecule has 0 bridgehead atoms.